The van der Waals surface area contributed by atoms with Crippen molar-refractivity contribution in [3.05, 3.63) is 29.3 Å². The van der Waals surface area contributed by atoms with Crippen LogP contribution in [0.25, 0.3) is 0 Å². The van der Waals surface area contributed by atoms with Gasteiger partial charge in [0.05, 0.1) is 0 Å². The summed E-state index contributed by atoms with van der Waals surface area (Å²) in [5.74, 6) is 0. The third kappa shape index (κ3) is 2.64. The van der Waals surface area contributed by atoms with Gasteiger partial charge >= 0.3 is 0 Å². The van der Waals surface area contributed by atoms with Crippen molar-refractivity contribution in [2.24, 2.45) is 0 Å². The van der Waals surface area contributed by atoms with Crippen LogP contribution in [0, 0.1) is 0 Å². The molecule has 0 amide bonds. The van der Waals surface area contributed by atoms with Crippen molar-refractivity contribution in [1.29, 1.82) is 0 Å². The van der Waals surface area contributed by atoms with E-state index in [1.54, 1.807) is 0 Å². The predicted molar refractivity (Wildman–Crippen MR) is 84.1 cm³/mol. The van der Waals surface area contributed by atoms with Crippen molar-refractivity contribution < 1.29 is 0 Å². The zero-order valence-electron chi connectivity index (χ0n) is 13.1. The number of benzene rings is 1. The van der Waals surface area contributed by atoms with Crippen molar-refractivity contribution >= 4 is 5.69 Å². The second-order valence-corrected chi connectivity index (χ2v) is 6.24. The molecule has 0 bridgehead atoms. The molecule has 2 nitrogen and oxygen atoms in total. The number of likely N-dealkylation sites (N-methyl/N-ethyl adjacent to an activating group) is 1. The largest absolute Gasteiger partial charge is 0.364 e. The van der Waals surface area contributed by atoms with E-state index in [9.17, 15) is 0 Å². The molecule has 19 heavy (non-hydrogen) atoms. The molecule has 106 valence electrons. The number of nitrogens with one attached hydrogen (secondary N) is 1. The van der Waals surface area contributed by atoms with Crippen molar-refractivity contribution in [3.63, 3.8) is 0 Å². The summed E-state index contributed by atoms with van der Waals surface area (Å²) in [5.41, 5.74) is 4.71. The smallest absolute Gasteiger partial charge is 0.0436 e. The molecule has 1 atom stereocenters. The first-order chi connectivity index (χ1) is 9.03. The van der Waals surface area contributed by atoms with Gasteiger partial charge in [0, 0.05) is 23.8 Å². The molecule has 1 saturated heterocycles. The number of hydrogen-bond donors (Lipinski definition) is 1. The highest BCUT2D eigenvalue weighted by atomic mass is 15.3. The third-order valence-electron chi connectivity index (χ3n) is 4.52. The van der Waals surface area contributed by atoms with E-state index in [4.69, 9.17) is 0 Å². The molecule has 0 radical (unpaired) electrons. The number of hydrogen-bond acceptors (Lipinski definition) is 2. The molecular formula is C17H28N2. The van der Waals surface area contributed by atoms with Gasteiger partial charge in [-0.25, -0.2) is 0 Å². The molecule has 1 aromatic rings. The van der Waals surface area contributed by atoms with E-state index in [0.29, 0.717) is 6.04 Å². The Labute approximate surface area is 118 Å². The summed E-state index contributed by atoms with van der Waals surface area (Å²) in [6.07, 6.45) is 3.44. The van der Waals surface area contributed by atoms with E-state index in [1.807, 2.05) is 0 Å². The lowest BCUT2D eigenvalue weighted by atomic mass is 9.96. The summed E-state index contributed by atoms with van der Waals surface area (Å²) in [6.45, 7) is 10.4. The van der Waals surface area contributed by atoms with Crippen molar-refractivity contribution in [3.8, 4) is 0 Å². The first-order valence-corrected chi connectivity index (χ1v) is 7.59. The van der Waals surface area contributed by atoms with E-state index in [-0.39, 0.29) is 5.54 Å². The Morgan fingerprint density at radius 3 is 2.21 bits per heavy atom. The molecule has 1 fully saturated rings. The Morgan fingerprint density at radius 2 is 1.79 bits per heavy atom. The molecule has 0 saturated carbocycles. The van der Waals surface area contributed by atoms with E-state index in [2.05, 4.69) is 63.2 Å². The maximum absolute atomic E-state index is 3.45. The van der Waals surface area contributed by atoms with Crippen LogP contribution in [0.3, 0.4) is 0 Å². The van der Waals surface area contributed by atoms with Crippen molar-refractivity contribution in [1.82, 2.24) is 5.32 Å². The molecule has 1 N–H and O–H groups in total. The molecule has 0 aromatic heterocycles. The highest BCUT2D eigenvalue weighted by Gasteiger charge is 2.39. The molecule has 0 aliphatic carbocycles. The van der Waals surface area contributed by atoms with E-state index < -0.39 is 0 Å². The minimum Gasteiger partial charge on any atom is -0.364 e. The Morgan fingerprint density at radius 1 is 1.21 bits per heavy atom. The standard InChI is InChI=1S/C17H28N2/c1-6-13-9-8-10-14(7-2)16(13)19-12-15(18-5)11-17(19,3)4/h8-10,15,18H,6-7,11-12H2,1-5H3. The average molecular weight is 260 g/mol. The molecule has 0 spiro atoms. The fourth-order valence-corrected chi connectivity index (χ4v) is 3.39. The predicted octanol–water partition coefficient (Wildman–Crippen LogP) is 3.39. The first-order valence-electron chi connectivity index (χ1n) is 7.59. The highest BCUT2D eigenvalue weighted by molar-refractivity contribution is 5.62. The van der Waals surface area contributed by atoms with Gasteiger partial charge in [-0.1, -0.05) is 32.0 Å². The minimum absolute atomic E-state index is 0.239. The van der Waals surface area contributed by atoms with Gasteiger partial charge in [-0.3, -0.25) is 0 Å². The molecule has 2 rings (SSSR count). The van der Waals surface area contributed by atoms with Crippen molar-refractivity contribution in [2.75, 3.05) is 18.5 Å². The van der Waals surface area contributed by atoms with Gasteiger partial charge in [-0.15, -0.1) is 0 Å². The number of anilines is 1. The Kier molecular flexibility index (Phi) is 4.19. The van der Waals surface area contributed by atoms with Crippen LogP contribution in [0.5, 0.6) is 0 Å². The topological polar surface area (TPSA) is 15.3 Å². The van der Waals surface area contributed by atoms with Crippen LogP contribution in [0.2, 0.25) is 0 Å². The zero-order chi connectivity index (χ0) is 14.0. The SMILES string of the molecule is CCc1cccc(CC)c1N1CC(NC)CC1(C)C. The number of nitrogens with zero attached hydrogens (tertiary/aromatic N) is 1. The summed E-state index contributed by atoms with van der Waals surface area (Å²) in [4.78, 5) is 2.63. The molecule has 1 aliphatic heterocycles. The summed E-state index contributed by atoms with van der Waals surface area (Å²) in [6, 6.07) is 7.39. The Hall–Kier alpha value is -1.02. The number of aryl methyl sites for hydroxylation is 2. The molecule has 2 heteroatoms. The number of rotatable bonds is 4. The van der Waals surface area contributed by atoms with Crippen LogP contribution in [-0.4, -0.2) is 25.2 Å². The van der Waals surface area contributed by atoms with Gasteiger partial charge in [0.25, 0.3) is 0 Å². The lowest BCUT2D eigenvalue weighted by Crippen LogP contribution is -2.39. The molecule has 1 aromatic carbocycles. The van der Waals surface area contributed by atoms with Gasteiger partial charge in [0.15, 0.2) is 0 Å². The fraction of sp³-hybridized carbons (Fsp3) is 0.647. The van der Waals surface area contributed by atoms with Gasteiger partial charge < -0.3 is 10.2 Å². The maximum Gasteiger partial charge on any atom is 0.0436 e. The summed E-state index contributed by atoms with van der Waals surface area (Å²) in [5, 5.41) is 3.45. The lowest BCUT2D eigenvalue weighted by Gasteiger charge is -2.36. The minimum atomic E-state index is 0.239. The normalized spacial score (nSPS) is 21.9. The van der Waals surface area contributed by atoms with E-state index >= 15 is 0 Å². The summed E-state index contributed by atoms with van der Waals surface area (Å²) < 4.78 is 0. The maximum atomic E-state index is 3.45. The quantitative estimate of drug-likeness (QED) is 0.892. The van der Waals surface area contributed by atoms with Crippen LogP contribution in [0.4, 0.5) is 5.69 Å². The van der Waals surface area contributed by atoms with Gasteiger partial charge in [0.1, 0.15) is 0 Å². The van der Waals surface area contributed by atoms with Crippen LogP contribution in [0.1, 0.15) is 45.2 Å². The van der Waals surface area contributed by atoms with Crippen LogP contribution < -0.4 is 10.2 Å². The van der Waals surface area contributed by atoms with Crippen LogP contribution in [-0.2, 0) is 12.8 Å². The number of para-hydroxylation sites is 1. The fourth-order valence-electron chi connectivity index (χ4n) is 3.39. The van der Waals surface area contributed by atoms with E-state index in [1.165, 1.54) is 23.2 Å². The lowest BCUT2D eigenvalue weighted by molar-refractivity contribution is 0.486. The second kappa shape index (κ2) is 5.54. The zero-order valence-corrected chi connectivity index (χ0v) is 13.1. The molecule has 1 unspecified atom stereocenters. The van der Waals surface area contributed by atoms with Crippen LogP contribution in [0.15, 0.2) is 18.2 Å². The Bertz CT molecular complexity index is 415. The van der Waals surface area contributed by atoms with Gasteiger partial charge in [-0.2, -0.15) is 0 Å². The van der Waals surface area contributed by atoms with Crippen LogP contribution >= 0.6 is 0 Å². The second-order valence-electron chi connectivity index (χ2n) is 6.24. The summed E-state index contributed by atoms with van der Waals surface area (Å²) in [7, 11) is 2.08. The third-order valence-corrected chi connectivity index (χ3v) is 4.52. The highest BCUT2D eigenvalue weighted by Crippen LogP contribution is 2.38. The first kappa shape index (κ1) is 14.4. The molecule has 1 heterocycles. The van der Waals surface area contributed by atoms with E-state index in [0.717, 1.165) is 19.4 Å². The Balaban J connectivity index is 2.46. The summed E-state index contributed by atoms with van der Waals surface area (Å²) >= 11 is 0. The van der Waals surface area contributed by atoms with Gasteiger partial charge in [0.2, 0.25) is 0 Å². The average Bonchev–Trinajstić information content (AvgIpc) is 2.72. The van der Waals surface area contributed by atoms with Crippen molar-refractivity contribution in [2.45, 2.75) is 58.5 Å². The molecular weight excluding hydrogens is 232 g/mol. The monoisotopic (exact) mass is 260 g/mol. The molecule has 1 aliphatic rings. The van der Waals surface area contributed by atoms with Gasteiger partial charge in [-0.05, 0) is 51.3 Å².